The highest BCUT2D eigenvalue weighted by molar-refractivity contribution is 5.79. The van der Waals surface area contributed by atoms with Crippen molar-refractivity contribution in [2.45, 2.75) is 32.7 Å². The van der Waals surface area contributed by atoms with Gasteiger partial charge in [0.15, 0.2) is 0 Å². The summed E-state index contributed by atoms with van der Waals surface area (Å²) in [6.45, 7) is 4.58. The lowest BCUT2D eigenvalue weighted by Gasteiger charge is -2.40. The molecule has 1 N–H and O–H groups in total. The number of benzene rings is 1. The van der Waals surface area contributed by atoms with Crippen LogP contribution in [-0.2, 0) is 4.79 Å². The maximum Gasteiger partial charge on any atom is 0.220 e. The molecule has 2 aromatic rings. The molecule has 2 fully saturated rings. The average Bonchev–Trinajstić information content (AvgIpc) is 3.08. The summed E-state index contributed by atoms with van der Waals surface area (Å²) < 4.78 is 0. The molecule has 1 aromatic heterocycles. The Hall–Kier alpha value is -2.93. The van der Waals surface area contributed by atoms with Crippen LogP contribution >= 0.6 is 0 Å². The molecule has 0 spiro atoms. The Morgan fingerprint density at radius 2 is 2.04 bits per heavy atom. The van der Waals surface area contributed by atoms with E-state index in [1.54, 1.807) is 0 Å². The fourth-order valence-electron chi connectivity index (χ4n) is 4.77. The number of nitrogens with one attached hydrogen (secondary N) is 1. The van der Waals surface area contributed by atoms with E-state index in [2.05, 4.69) is 42.4 Å². The van der Waals surface area contributed by atoms with Gasteiger partial charge in [0, 0.05) is 35.7 Å². The fraction of sp³-hybridized carbons (Fsp3) is 0.375. The summed E-state index contributed by atoms with van der Waals surface area (Å²) >= 11 is 0. The topological polar surface area (TPSA) is 65.8 Å². The minimum atomic E-state index is 0.188. The Morgan fingerprint density at radius 1 is 1.21 bits per heavy atom. The highest BCUT2D eigenvalue weighted by Crippen LogP contribution is 2.42. The molecule has 4 heteroatoms. The minimum Gasteiger partial charge on any atom is -0.352 e. The Kier molecular flexibility index (Phi) is 5.00. The zero-order valence-electron chi connectivity index (χ0n) is 16.3. The second kappa shape index (κ2) is 7.59. The van der Waals surface area contributed by atoms with Gasteiger partial charge in [-0.2, -0.15) is 5.26 Å². The van der Waals surface area contributed by atoms with Crippen molar-refractivity contribution in [1.82, 2.24) is 10.3 Å². The SMILES string of the molecule is C[C@H]1[C@H](/C=C/c2ccc(-c3ccccc3C#N)cn2)[C@H]2NC(=O)C[C@H]2C[C@@H]1C. The number of pyridine rings is 1. The van der Waals surface area contributed by atoms with E-state index in [4.69, 9.17) is 0 Å². The second-order valence-corrected chi connectivity index (χ2v) is 8.20. The Labute approximate surface area is 166 Å². The van der Waals surface area contributed by atoms with Crippen LogP contribution in [0.1, 0.15) is 37.9 Å². The largest absolute Gasteiger partial charge is 0.352 e. The van der Waals surface area contributed by atoms with Gasteiger partial charge in [0.25, 0.3) is 0 Å². The minimum absolute atomic E-state index is 0.188. The first-order chi connectivity index (χ1) is 13.6. The molecule has 4 rings (SSSR count). The summed E-state index contributed by atoms with van der Waals surface area (Å²) in [5.41, 5.74) is 3.39. The van der Waals surface area contributed by atoms with Gasteiger partial charge in [0.1, 0.15) is 0 Å². The van der Waals surface area contributed by atoms with Crippen molar-refractivity contribution in [3.05, 3.63) is 59.9 Å². The van der Waals surface area contributed by atoms with Gasteiger partial charge in [0.2, 0.25) is 5.91 Å². The zero-order chi connectivity index (χ0) is 19.7. The van der Waals surface area contributed by atoms with E-state index in [0.29, 0.717) is 35.7 Å². The number of carbonyl (C=O) groups is 1. The van der Waals surface area contributed by atoms with E-state index in [-0.39, 0.29) is 11.9 Å². The number of amides is 1. The molecule has 28 heavy (non-hydrogen) atoms. The number of hydrogen-bond acceptors (Lipinski definition) is 3. The van der Waals surface area contributed by atoms with Gasteiger partial charge in [-0.05, 0) is 42.4 Å². The number of nitrogens with zero attached hydrogens (tertiary/aromatic N) is 2. The number of fused-ring (bicyclic) bond motifs is 1. The maximum absolute atomic E-state index is 11.9. The lowest BCUT2D eigenvalue weighted by atomic mass is 9.66. The maximum atomic E-state index is 11.9. The third kappa shape index (κ3) is 3.45. The van der Waals surface area contributed by atoms with Crippen LogP contribution in [-0.4, -0.2) is 16.9 Å². The van der Waals surface area contributed by atoms with Crippen molar-refractivity contribution in [2.24, 2.45) is 23.7 Å². The fourth-order valence-corrected chi connectivity index (χ4v) is 4.77. The number of rotatable bonds is 3. The van der Waals surface area contributed by atoms with Gasteiger partial charge in [-0.25, -0.2) is 0 Å². The summed E-state index contributed by atoms with van der Waals surface area (Å²) in [5, 5.41) is 12.5. The summed E-state index contributed by atoms with van der Waals surface area (Å²) in [5.74, 6) is 2.11. The van der Waals surface area contributed by atoms with Crippen molar-refractivity contribution >= 4 is 12.0 Å². The molecule has 142 valence electrons. The van der Waals surface area contributed by atoms with Crippen molar-refractivity contribution in [2.75, 3.05) is 0 Å². The molecule has 1 saturated carbocycles. The first-order valence-electron chi connectivity index (χ1n) is 10.00. The molecular formula is C24H25N3O. The van der Waals surface area contributed by atoms with Gasteiger partial charge < -0.3 is 5.32 Å². The number of hydrogen-bond donors (Lipinski definition) is 1. The van der Waals surface area contributed by atoms with Crippen molar-refractivity contribution < 1.29 is 4.79 Å². The summed E-state index contributed by atoms with van der Waals surface area (Å²) in [6.07, 6.45) is 7.91. The van der Waals surface area contributed by atoms with Gasteiger partial charge in [-0.3, -0.25) is 9.78 Å². The van der Waals surface area contributed by atoms with E-state index in [1.165, 1.54) is 0 Å². The molecular weight excluding hydrogens is 346 g/mol. The van der Waals surface area contributed by atoms with Gasteiger partial charge >= 0.3 is 0 Å². The molecule has 1 aliphatic heterocycles. The highest BCUT2D eigenvalue weighted by Gasteiger charge is 2.44. The van der Waals surface area contributed by atoms with Gasteiger partial charge in [-0.1, -0.05) is 44.2 Å². The average molecular weight is 371 g/mol. The molecule has 1 aliphatic carbocycles. The quantitative estimate of drug-likeness (QED) is 0.868. The Balaban J connectivity index is 1.54. The van der Waals surface area contributed by atoms with E-state index in [9.17, 15) is 10.1 Å². The first kappa shape index (κ1) is 18.4. The number of carbonyl (C=O) groups excluding carboxylic acids is 1. The molecule has 1 saturated heterocycles. The zero-order valence-corrected chi connectivity index (χ0v) is 16.3. The normalized spacial score (nSPS) is 29.3. The summed E-state index contributed by atoms with van der Waals surface area (Å²) in [6, 6.07) is 14.0. The molecule has 2 aliphatic rings. The predicted octanol–water partition coefficient (Wildman–Crippen LogP) is 4.43. The molecule has 0 unspecified atom stereocenters. The molecule has 1 amide bonds. The molecule has 0 radical (unpaired) electrons. The molecule has 5 atom stereocenters. The van der Waals surface area contributed by atoms with Crippen molar-refractivity contribution in [3.8, 4) is 17.2 Å². The number of nitriles is 1. The second-order valence-electron chi connectivity index (χ2n) is 8.20. The third-order valence-corrected chi connectivity index (χ3v) is 6.51. The monoisotopic (exact) mass is 371 g/mol. The highest BCUT2D eigenvalue weighted by atomic mass is 16.2. The molecule has 1 aromatic carbocycles. The van der Waals surface area contributed by atoms with E-state index >= 15 is 0 Å². The lowest BCUT2D eigenvalue weighted by molar-refractivity contribution is -0.119. The van der Waals surface area contributed by atoms with Gasteiger partial charge in [0.05, 0.1) is 17.3 Å². The smallest absolute Gasteiger partial charge is 0.220 e. The standard InChI is InChI=1S/C24H25N3O/c1-15-11-19-12-23(28)27-24(19)21(16(15)2)10-9-20-8-7-18(14-26-20)22-6-4-3-5-17(22)13-25/h3-10,14-16,19,21,24H,11-12H2,1-2H3,(H,27,28)/b10-9+/t15-,16+,19+,21-,24-/m0/s1. The predicted molar refractivity (Wildman–Crippen MR) is 110 cm³/mol. The first-order valence-corrected chi connectivity index (χ1v) is 10.00. The number of aromatic nitrogens is 1. The van der Waals surface area contributed by atoms with Crippen molar-refractivity contribution in [3.63, 3.8) is 0 Å². The summed E-state index contributed by atoms with van der Waals surface area (Å²) in [4.78, 5) is 16.5. The molecule has 0 bridgehead atoms. The van der Waals surface area contributed by atoms with Crippen molar-refractivity contribution in [1.29, 1.82) is 5.26 Å². The summed E-state index contributed by atoms with van der Waals surface area (Å²) in [7, 11) is 0. The van der Waals surface area contributed by atoms with Crippen LogP contribution in [0.15, 0.2) is 48.7 Å². The molecule has 2 heterocycles. The lowest BCUT2D eigenvalue weighted by Crippen LogP contribution is -2.44. The Bertz CT molecular complexity index is 941. The molecule has 4 nitrogen and oxygen atoms in total. The van der Waals surface area contributed by atoms with Crippen LogP contribution < -0.4 is 5.32 Å². The Morgan fingerprint density at radius 3 is 2.79 bits per heavy atom. The van der Waals surface area contributed by atoms with Crippen LogP contribution in [0.5, 0.6) is 0 Å². The van der Waals surface area contributed by atoms with Crippen LogP contribution in [0.25, 0.3) is 17.2 Å². The van der Waals surface area contributed by atoms with Crippen LogP contribution in [0.4, 0.5) is 0 Å². The van der Waals surface area contributed by atoms with Gasteiger partial charge in [-0.15, -0.1) is 0 Å². The van der Waals surface area contributed by atoms with E-state index in [0.717, 1.165) is 23.2 Å². The van der Waals surface area contributed by atoms with Crippen LogP contribution in [0, 0.1) is 35.0 Å². The van der Waals surface area contributed by atoms with Crippen LogP contribution in [0.2, 0.25) is 0 Å². The van der Waals surface area contributed by atoms with E-state index in [1.807, 2.05) is 42.6 Å². The van der Waals surface area contributed by atoms with Crippen LogP contribution in [0.3, 0.4) is 0 Å². The van der Waals surface area contributed by atoms with E-state index < -0.39 is 0 Å². The third-order valence-electron chi connectivity index (χ3n) is 6.51.